The lowest BCUT2D eigenvalue weighted by atomic mass is 10.1. The van der Waals surface area contributed by atoms with Crippen molar-refractivity contribution in [3.63, 3.8) is 0 Å². The minimum Gasteiger partial charge on any atom is -0.492 e. The van der Waals surface area contributed by atoms with Crippen molar-refractivity contribution in [2.24, 2.45) is 0 Å². The largest absolute Gasteiger partial charge is 0.492 e. The summed E-state index contributed by atoms with van der Waals surface area (Å²) in [5.41, 5.74) is 0.742. The van der Waals surface area contributed by atoms with E-state index >= 15 is 0 Å². The SMILES string of the molecule is CCOc1ccccc1N(CC(=O)N(Cc1ccc(F)cc1)[C@H](CC)C(=O)NC)S(=O)(=O)c1ccc(Cl)cc1. The normalized spacial score (nSPS) is 11.9. The number of carbonyl (C=O) groups excluding carboxylic acids is 2. The van der Waals surface area contributed by atoms with E-state index in [9.17, 15) is 22.4 Å². The number of nitrogens with zero attached hydrogens (tertiary/aromatic N) is 2. The van der Waals surface area contributed by atoms with Crippen LogP contribution in [-0.2, 0) is 26.2 Å². The fraction of sp³-hybridized carbons (Fsp3) is 0.286. The molecule has 1 N–H and O–H groups in total. The van der Waals surface area contributed by atoms with E-state index in [0.29, 0.717) is 10.6 Å². The smallest absolute Gasteiger partial charge is 0.264 e. The lowest BCUT2D eigenvalue weighted by molar-refractivity contribution is -0.140. The van der Waals surface area contributed by atoms with Crippen LogP contribution in [0.3, 0.4) is 0 Å². The van der Waals surface area contributed by atoms with Crippen molar-refractivity contribution >= 4 is 39.1 Å². The first-order chi connectivity index (χ1) is 18.6. The van der Waals surface area contributed by atoms with Gasteiger partial charge >= 0.3 is 0 Å². The Balaban J connectivity index is 2.10. The summed E-state index contributed by atoms with van der Waals surface area (Å²) in [6, 6.07) is 16.8. The second kappa shape index (κ2) is 13.4. The van der Waals surface area contributed by atoms with Crippen LogP contribution in [0.4, 0.5) is 10.1 Å². The number of benzene rings is 3. The average molecular weight is 576 g/mol. The van der Waals surface area contributed by atoms with Gasteiger partial charge in [-0.2, -0.15) is 0 Å². The molecule has 3 rings (SSSR count). The zero-order valence-corrected chi connectivity index (χ0v) is 23.5. The predicted molar refractivity (Wildman–Crippen MR) is 149 cm³/mol. The lowest BCUT2D eigenvalue weighted by Crippen LogP contribution is -2.51. The molecule has 208 valence electrons. The third kappa shape index (κ3) is 7.27. The van der Waals surface area contributed by atoms with Gasteiger partial charge in [-0.05, 0) is 67.4 Å². The Labute approximate surface area is 233 Å². The molecule has 0 aliphatic carbocycles. The van der Waals surface area contributed by atoms with Crippen molar-refractivity contribution < 1.29 is 27.1 Å². The number of hydrogen-bond donors (Lipinski definition) is 1. The highest BCUT2D eigenvalue weighted by Gasteiger charge is 2.34. The van der Waals surface area contributed by atoms with E-state index in [-0.39, 0.29) is 35.9 Å². The molecule has 2 amide bonds. The third-order valence-corrected chi connectivity index (χ3v) is 8.04. The number of likely N-dealkylation sites (N-methyl/N-ethyl adjacent to an activating group) is 1. The van der Waals surface area contributed by atoms with Gasteiger partial charge in [-0.1, -0.05) is 42.8 Å². The summed E-state index contributed by atoms with van der Waals surface area (Å²) >= 11 is 5.98. The van der Waals surface area contributed by atoms with Gasteiger partial charge in [0.25, 0.3) is 10.0 Å². The first-order valence-corrected chi connectivity index (χ1v) is 14.2. The van der Waals surface area contributed by atoms with Gasteiger partial charge in [0.1, 0.15) is 24.2 Å². The van der Waals surface area contributed by atoms with Crippen molar-refractivity contribution in [2.45, 2.75) is 37.8 Å². The molecule has 0 fully saturated rings. The maximum absolute atomic E-state index is 13.9. The predicted octanol–water partition coefficient (Wildman–Crippen LogP) is 4.63. The molecule has 0 radical (unpaired) electrons. The van der Waals surface area contributed by atoms with Crippen LogP contribution >= 0.6 is 11.6 Å². The number of anilines is 1. The maximum atomic E-state index is 13.9. The molecule has 0 unspecified atom stereocenters. The van der Waals surface area contributed by atoms with E-state index in [1.54, 1.807) is 38.1 Å². The number of amides is 2. The van der Waals surface area contributed by atoms with Gasteiger partial charge in [0.2, 0.25) is 11.8 Å². The van der Waals surface area contributed by atoms with Crippen LogP contribution in [0.15, 0.2) is 77.7 Å². The number of halogens is 2. The topological polar surface area (TPSA) is 96.0 Å². The van der Waals surface area contributed by atoms with Crippen molar-refractivity contribution in [1.29, 1.82) is 0 Å². The monoisotopic (exact) mass is 575 g/mol. The minimum atomic E-state index is -4.28. The van der Waals surface area contributed by atoms with Crippen molar-refractivity contribution in [2.75, 3.05) is 24.5 Å². The number of sulfonamides is 1. The quantitative estimate of drug-likeness (QED) is 0.340. The molecule has 0 spiro atoms. The van der Waals surface area contributed by atoms with Crippen LogP contribution in [0.5, 0.6) is 5.75 Å². The highest BCUT2D eigenvalue weighted by molar-refractivity contribution is 7.92. The molecular formula is C28H31ClFN3O5S. The summed E-state index contributed by atoms with van der Waals surface area (Å²) in [7, 11) is -2.82. The van der Waals surface area contributed by atoms with Gasteiger partial charge in [0.15, 0.2) is 0 Å². The van der Waals surface area contributed by atoms with Gasteiger partial charge in [-0.3, -0.25) is 13.9 Å². The maximum Gasteiger partial charge on any atom is 0.264 e. The van der Waals surface area contributed by atoms with Crippen LogP contribution in [0, 0.1) is 5.82 Å². The molecule has 3 aromatic carbocycles. The molecule has 0 aromatic heterocycles. The fourth-order valence-corrected chi connectivity index (χ4v) is 5.61. The molecule has 1 atom stereocenters. The summed E-state index contributed by atoms with van der Waals surface area (Å²) in [5, 5.41) is 2.92. The number of para-hydroxylation sites is 2. The molecule has 11 heteroatoms. The van der Waals surface area contributed by atoms with Gasteiger partial charge in [0, 0.05) is 18.6 Å². The first-order valence-electron chi connectivity index (χ1n) is 12.4. The zero-order valence-electron chi connectivity index (χ0n) is 21.9. The van der Waals surface area contributed by atoms with Crippen LogP contribution in [-0.4, -0.2) is 51.4 Å². The summed E-state index contributed by atoms with van der Waals surface area (Å²) in [4.78, 5) is 27.9. The molecular weight excluding hydrogens is 545 g/mol. The highest BCUT2D eigenvalue weighted by atomic mass is 35.5. The molecule has 0 aliphatic rings. The molecule has 0 heterocycles. The van der Waals surface area contributed by atoms with E-state index in [0.717, 1.165) is 4.31 Å². The second-order valence-electron chi connectivity index (χ2n) is 8.55. The van der Waals surface area contributed by atoms with Gasteiger partial charge in [0.05, 0.1) is 17.2 Å². The molecule has 39 heavy (non-hydrogen) atoms. The van der Waals surface area contributed by atoms with E-state index in [4.69, 9.17) is 16.3 Å². The average Bonchev–Trinajstić information content (AvgIpc) is 2.93. The van der Waals surface area contributed by atoms with Crippen LogP contribution in [0.25, 0.3) is 0 Å². The Bertz CT molecular complexity index is 1390. The first kappa shape index (κ1) is 29.9. The molecule has 0 saturated heterocycles. The Morgan fingerprint density at radius 1 is 1.00 bits per heavy atom. The van der Waals surface area contributed by atoms with Crippen molar-refractivity contribution in [1.82, 2.24) is 10.2 Å². The molecule has 3 aromatic rings. The number of ether oxygens (including phenoxy) is 1. The molecule has 0 aliphatic heterocycles. The molecule has 0 bridgehead atoms. The van der Waals surface area contributed by atoms with E-state index in [2.05, 4.69) is 5.32 Å². The van der Waals surface area contributed by atoms with Crippen molar-refractivity contribution in [3.05, 3.63) is 89.2 Å². The lowest BCUT2D eigenvalue weighted by Gasteiger charge is -2.33. The number of carbonyl (C=O) groups is 2. The zero-order chi connectivity index (χ0) is 28.6. The standard InChI is InChI=1S/C28H31ClFN3O5S/c1-4-24(28(35)31-3)32(18-20-10-14-22(30)15-11-20)27(34)19-33(25-8-6-7-9-26(25)38-5-2)39(36,37)23-16-12-21(29)13-17-23/h6-17,24H,4-5,18-19H2,1-3H3,(H,31,35)/t24-/m1/s1. The Kier molecular flexibility index (Phi) is 10.3. The Hall–Kier alpha value is -3.63. The van der Waals surface area contributed by atoms with Gasteiger partial charge < -0.3 is 15.0 Å². The van der Waals surface area contributed by atoms with E-state index in [1.807, 2.05) is 0 Å². The van der Waals surface area contributed by atoms with Crippen LogP contribution in [0.2, 0.25) is 5.02 Å². The van der Waals surface area contributed by atoms with Crippen molar-refractivity contribution in [3.8, 4) is 5.75 Å². The van der Waals surface area contributed by atoms with E-state index < -0.39 is 40.2 Å². The van der Waals surface area contributed by atoms with E-state index in [1.165, 1.54) is 60.5 Å². The number of rotatable bonds is 12. The van der Waals surface area contributed by atoms with Crippen LogP contribution < -0.4 is 14.4 Å². The minimum absolute atomic E-state index is 0.0347. The fourth-order valence-electron chi connectivity index (χ4n) is 4.06. The second-order valence-corrected chi connectivity index (χ2v) is 10.9. The Morgan fingerprint density at radius 3 is 2.23 bits per heavy atom. The number of nitrogens with one attached hydrogen (secondary N) is 1. The summed E-state index contributed by atoms with van der Waals surface area (Å²) in [5.74, 6) is -1.20. The third-order valence-electron chi connectivity index (χ3n) is 6.01. The Morgan fingerprint density at radius 2 is 1.64 bits per heavy atom. The summed E-state index contributed by atoms with van der Waals surface area (Å²) in [6.07, 6.45) is 0.270. The summed E-state index contributed by atoms with van der Waals surface area (Å²) in [6.45, 7) is 3.12. The molecule has 8 nitrogen and oxygen atoms in total. The highest BCUT2D eigenvalue weighted by Crippen LogP contribution is 2.33. The van der Waals surface area contributed by atoms with Gasteiger partial charge in [-0.25, -0.2) is 12.8 Å². The summed E-state index contributed by atoms with van der Waals surface area (Å²) < 4.78 is 48.0. The van der Waals surface area contributed by atoms with Gasteiger partial charge in [-0.15, -0.1) is 0 Å². The van der Waals surface area contributed by atoms with Crippen LogP contribution in [0.1, 0.15) is 25.8 Å². The number of hydrogen-bond acceptors (Lipinski definition) is 5. The molecule has 0 saturated carbocycles.